The van der Waals surface area contributed by atoms with Gasteiger partial charge in [-0.2, -0.15) is 0 Å². The van der Waals surface area contributed by atoms with E-state index in [9.17, 15) is 9.59 Å². The molecule has 156 valence electrons. The van der Waals surface area contributed by atoms with Crippen LogP contribution in [0.25, 0.3) is 0 Å². The van der Waals surface area contributed by atoms with Gasteiger partial charge in [0.25, 0.3) is 0 Å². The largest absolute Gasteiger partial charge is 0.406 e. The van der Waals surface area contributed by atoms with Crippen molar-refractivity contribution in [2.24, 2.45) is 0 Å². The van der Waals surface area contributed by atoms with Crippen molar-refractivity contribution in [1.29, 1.82) is 0 Å². The Morgan fingerprint density at radius 3 is 2.30 bits per heavy atom. The van der Waals surface area contributed by atoms with Crippen LogP contribution in [-0.2, 0) is 17.6 Å². The number of urea groups is 1. The van der Waals surface area contributed by atoms with Gasteiger partial charge in [-0.1, -0.05) is 47.9 Å². The van der Waals surface area contributed by atoms with Crippen LogP contribution < -0.4 is 16.0 Å². The molecule has 0 radical (unpaired) electrons. The van der Waals surface area contributed by atoms with Gasteiger partial charge in [0.1, 0.15) is 6.04 Å². The van der Waals surface area contributed by atoms with Crippen LogP contribution in [0.2, 0.25) is 5.02 Å². The molecule has 0 bridgehead atoms. The third-order valence-electron chi connectivity index (χ3n) is 4.30. The zero-order valence-corrected chi connectivity index (χ0v) is 17.4. The van der Waals surface area contributed by atoms with Gasteiger partial charge >= 0.3 is 12.0 Å². The highest BCUT2D eigenvalue weighted by atomic mass is 35.5. The second kappa shape index (κ2) is 9.89. The van der Waals surface area contributed by atoms with Gasteiger partial charge in [-0.15, -0.1) is 5.10 Å². The average Bonchev–Trinajstić information content (AvgIpc) is 3.17. The molecule has 8 nitrogen and oxygen atoms in total. The predicted molar refractivity (Wildman–Crippen MR) is 114 cm³/mol. The van der Waals surface area contributed by atoms with Crippen molar-refractivity contribution in [3.8, 4) is 0 Å². The maximum Gasteiger partial charge on any atom is 0.322 e. The van der Waals surface area contributed by atoms with E-state index in [4.69, 9.17) is 16.0 Å². The van der Waals surface area contributed by atoms with E-state index in [2.05, 4.69) is 33.1 Å². The van der Waals surface area contributed by atoms with Gasteiger partial charge in [-0.3, -0.25) is 10.1 Å². The monoisotopic (exact) mass is 427 g/mol. The van der Waals surface area contributed by atoms with Crippen LogP contribution in [-0.4, -0.2) is 22.1 Å². The first-order valence-corrected chi connectivity index (χ1v) is 9.82. The number of nitrogens with one attached hydrogen (secondary N) is 3. The fraction of sp³-hybridized carbons (Fsp3) is 0.238. The number of nitrogens with zero attached hydrogens (tertiary/aromatic N) is 2. The fourth-order valence-electron chi connectivity index (χ4n) is 2.78. The van der Waals surface area contributed by atoms with Gasteiger partial charge in [0.15, 0.2) is 0 Å². The summed E-state index contributed by atoms with van der Waals surface area (Å²) in [5.41, 5.74) is 2.80. The molecule has 0 spiro atoms. The lowest BCUT2D eigenvalue weighted by molar-refractivity contribution is -0.114. The molecule has 0 saturated heterocycles. The molecule has 1 heterocycles. The summed E-state index contributed by atoms with van der Waals surface area (Å²) < 4.78 is 5.53. The number of halogens is 1. The second-order valence-electron chi connectivity index (χ2n) is 6.66. The summed E-state index contributed by atoms with van der Waals surface area (Å²) in [4.78, 5) is 23.8. The van der Waals surface area contributed by atoms with E-state index in [-0.39, 0.29) is 17.8 Å². The Hall–Kier alpha value is -3.39. The molecule has 0 saturated carbocycles. The lowest BCUT2D eigenvalue weighted by atomic mass is 10.0. The van der Waals surface area contributed by atoms with E-state index < -0.39 is 12.1 Å². The maximum absolute atomic E-state index is 12.5. The highest BCUT2D eigenvalue weighted by Gasteiger charge is 2.22. The molecule has 30 heavy (non-hydrogen) atoms. The van der Waals surface area contributed by atoms with Crippen LogP contribution in [0, 0.1) is 0 Å². The van der Waals surface area contributed by atoms with Crippen LogP contribution in [0.1, 0.15) is 36.9 Å². The molecule has 0 aliphatic carbocycles. The van der Waals surface area contributed by atoms with Crippen molar-refractivity contribution in [2.45, 2.75) is 32.7 Å². The normalized spacial score (nSPS) is 11.6. The Labute approximate surface area is 179 Å². The molecule has 0 aliphatic rings. The maximum atomic E-state index is 12.5. The minimum Gasteiger partial charge on any atom is -0.406 e. The predicted octanol–water partition coefficient (Wildman–Crippen LogP) is 4.35. The molecule has 3 amide bonds. The zero-order valence-electron chi connectivity index (χ0n) is 16.6. The number of rotatable bonds is 7. The number of aryl methyl sites for hydroxylation is 1. The average molecular weight is 428 g/mol. The molecular weight excluding hydrogens is 406 g/mol. The molecule has 2 aromatic carbocycles. The van der Waals surface area contributed by atoms with Crippen molar-refractivity contribution in [2.75, 3.05) is 10.6 Å². The summed E-state index contributed by atoms with van der Waals surface area (Å²) in [5.74, 6) is -0.144. The number of carbonyl (C=O) groups is 2. The van der Waals surface area contributed by atoms with Crippen molar-refractivity contribution in [1.82, 2.24) is 15.5 Å². The number of aromatic nitrogens is 2. The Balaban J connectivity index is 1.76. The van der Waals surface area contributed by atoms with Crippen molar-refractivity contribution in [3.05, 3.63) is 70.6 Å². The standard InChI is InChI=1S/C21H22ClN5O3/c1-3-14-4-6-15(7-5-14)12-18(19-26-27-21(30-19)23-13(2)28)25-20(29)24-17-10-8-16(22)9-11-17/h4-11,18H,3,12H2,1-2H3,(H,23,27,28)(H2,24,25,29)/t18-/m0/s1. The van der Waals surface area contributed by atoms with Crippen LogP contribution in [0.15, 0.2) is 52.9 Å². The van der Waals surface area contributed by atoms with Gasteiger partial charge in [0, 0.05) is 24.1 Å². The first-order chi connectivity index (χ1) is 14.4. The Kier molecular flexibility index (Phi) is 7.03. The first-order valence-electron chi connectivity index (χ1n) is 9.45. The quantitative estimate of drug-likeness (QED) is 0.519. The Morgan fingerprint density at radius 2 is 1.67 bits per heavy atom. The van der Waals surface area contributed by atoms with Gasteiger partial charge in [0.2, 0.25) is 11.8 Å². The molecule has 9 heteroatoms. The summed E-state index contributed by atoms with van der Waals surface area (Å²) in [6, 6.07) is 13.8. The molecule has 0 fully saturated rings. The van der Waals surface area contributed by atoms with Crippen molar-refractivity contribution < 1.29 is 14.0 Å². The molecule has 1 aromatic heterocycles. The number of carbonyl (C=O) groups excluding carboxylic acids is 2. The highest BCUT2D eigenvalue weighted by Crippen LogP contribution is 2.21. The van der Waals surface area contributed by atoms with E-state index in [1.165, 1.54) is 12.5 Å². The van der Waals surface area contributed by atoms with E-state index in [0.717, 1.165) is 12.0 Å². The summed E-state index contributed by atoms with van der Waals surface area (Å²) in [6.45, 7) is 3.43. The summed E-state index contributed by atoms with van der Waals surface area (Å²) >= 11 is 5.88. The number of anilines is 2. The summed E-state index contributed by atoms with van der Waals surface area (Å²) in [5, 5.41) is 16.4. The molecular formula is C21H22ClN5O3. The molecule has 3 rings (SSSR count). The van der Waals surface area contributed by atoms with Gasteiger partial charge in [-0.25, -0.2) is 4.79 Å². The fourth-order valence-corrected chi connectivity index (χ4v) is 2.91. The summed E-state index contributed by atoms with van der Waals surface area (Å²) in [6.07, 6.45) is 1.37. The van der Waals surface area contributed by atoms with Crippen LogP contribution >= 0.6 is 11.6 Å². The molecule has 0 aliphatic heterocycles. The number of hydrogen-bond acceptors (Lipinski definition) is 5. The third kappa shape index (κ3) is 6.05. The topological polar surface area (TPSA) is 109 Å². The SMILES string of the molecule is CCc1ccc(C[C@H](NC(=O)Nc2ccc(Cl)cc2)c2nnc(NC(C)=O)o2)cc1. The Bertz CT molecular complexity index is 1000. The lowest BCUT2D eigenvalue weighted by Crippen LogP contribution is -2.34. The van der Waals surface area contributed by atoms with Crippen LogP contribution in [0.4, 0.5) is 16.5 Å². The number of benzene rings is 2. The van der Waals surface area contributed by atoms with E-state index in [1.54, 1.807) is 24.3 Å². The molecule has 1 atom stereocenters. The highest BCUT2D eigenvalue weighted by molar-refractivity contribution is 6.30. The molecule has 3 aromatic rings. The second-order valence-corrected chi connectivity index (χ2v) is 7.10. The number of hydrogen-bond donors (Lipinski definition) is 3. The van der Waals surface area contributed by atoms with Gasteiger partial charge < -0.3 is 15.1 Å². The minimum absolute atomic E-state index is 0.0243. The van der Waals surface area contributed by atoms with Gasteiger partial charge in [0.05, 0.1) is 0 Å². The lowest BCUT2D eigenvalue weighted by Gasteiger charge is -2.16. The third-order valence-corrected chi connectivity index (χ3v) is 4.55. The molecule has 0 unspecified atom stereocenters. The summed E-state index contributed by atoms with van der Waals surface area (Å²) in [7, 11) is 0. The van der Waals surface area contributed by atoms with E-state index in [0.29, 0.717) is 17.1 Å². The minimum atomic E-state index is -0.597. The smallest absolute Gasteiger partial charge is 0.322 e. The number of amides is 3. The first kappa shape index (κ1) is 21.3. The molecule has 3 N–H and O–H groups in total. The van der Waals surface area contributed by atoms with Crippen LogP contribution in [0.5, 0.6) is 0 Å². The van der Waals surface area contributed by atoms with E-state index in [1.807, 2.05) is 24.3 Å². The zero-order chi connectivity index (χ0) is 21.5. The van der Waals surface area contributed by atoms with Crippen LogP contribution in [0.3, 0.4) is 0 Å². The van der Waals surface area contributed by atoms with Crippen molar-refractivity contribution in [3.63, 3.8) is 0 Å². The Morgan fingerprint density at radius 1 is 1.00 bits per heavy atom. The van der Waals surface area contributed by atoms with Gasteiger partial charge in [-0.05, 0) is 41.8 Å². The van der Waals surface area contributed by atoms with Crippen molar-refractivity contribution >= 4 is 35.2 Å². The van der Waals surface area contributed by atoms with E-state index >= 15 is 0 Å².